The lowest BCUT2D eigenvalue weighted by Gasteiger charge is -2.13. The Balaban J connectivity index is 2.37. The maximum atomic E-state index is 13.2. The van der Waals surface area contributed by atoms with E-state index < -0.39 is 6.10 Å². The Morgan fingerprint density at radius 3 is 2.11 bits per heavy atom. The van der Waals surface area contributed by atoms with Gasteiger partial charge in [-0.3, -0.25) is 0 Å². The SMILES string of the molecule is Cc1cc(C(O)c2ccc(Cl)c(C)c2)ccc1F. The van der Waals surface area contributed by atoms with Crippen molar-refractivity contribution in [2.45, 2.75) is 20.0 Å². The number of benzene rings is 2. The molecule has 1 atom stereocenters. The molecular formula is C15H14ClFO. The summed E-state index contributed by atoms with van der Waals surface area (Å²) in [5.41, 5.74) is 2.86. The quantitative estimate of drug-likeness (QED) is 0.863. The number of hydrogen-bond donors (Lipinski definition) is 1. The van der Waals surface area contributed by atoms with Crippen LogP contribution in [0.15, 0.2) is 36.4 Å². The van der Waals surface area contributed by atoms with E-state index in [1.807, 2.05) is 13.0 Å². The molecule has 18 heavy (non-hydrogen) atoms. The topological polar surface area (TPSA) is 20.2 Å². The molecule has 1 N–H and O–H groups in total. The molecule has 0 fully saturated rings. The van der Waals surface area contributed by atoms with E-state index in [-0.39, 0.29) is 5.82 Å². The molecule has 0 radical (unpaired) electrons. The predicted molar refractivity (Wildman–Crippen MR) is 71.4 cm³/mol. The summed E-state index contributed by atoms with van der Waals surface area (Å²) in [6, 6.07) is 9.99. The van der Waals surface area contributed by atoms with E-state index in [2.05, 4.69) is 0 Å². The molecule has 0 bridgehead atoms. The molecule has 1 unspecified atom stereocenters. The predicted octanol–water partition coefficient (Wildman–Crippen LogP) is 4.18. The Kier molecular flexibility index (Phi) is 3.69. The van der Waals surface area contributed by atoms with Gasteiger partial charge in [0.1, 0.15) is 11.9 Å². The van der Waals surface area contributed by atoms with Crippen molar-refractivity contribution in [1.29, 1.82) is 0 Å². The summed E-state index contributed by atoms with van der Waals surface area (Å²) in [6.07, 6.45) is -0.764. The van der Waals surface area contributed by atoms with Crippen molar-refractivity contribution in [2.24, 2.45) is 0 Å². The molecule has 0 heterocycles. The third-order valence-electron chi connectivity index (χ3n) is 3.00. The van der Waals surface area contributed by atoms with Gasteiger partial charge in [-0.2, -0.15) is 0 Å². The number of aliphatic hydroxyl groups excluding tert-OH is 1. The Morgan fingerprint density at radius 2 is 1.56 bits per heavy atom. The zero-order valence-electron chi connectivity index (χ0n) is 10.2. The summed E-state index contributed by atoms with van der Waals surface area (Å²) >= 11 is 5.95. The molecule has 0 saturated heterocycles. The third kappa shape index (κ3) is 2.55. The lowest BCUT2D eigenvalue weighted by molar-refractivity contribution is 0.220. The molecule has 2 aromatic rings. The summed E-state index contributed by atoms with van der Waals surface area (Å²) in [5.74, 6) is -0.266. The number of aliphatic hydroxyl groups is 1. The van der Waals surface area contributed by atoms with Gasteiger partial charge < -0.3 is 5.11 Å². The average molecular weight is 265 g/mol. The number of aryl methyl sites for hydroxylation is 2. The highest BCUT2D eigenvalue weighted by molar-refractivity contribution is 6.31. The van der Waals surface area contributed by atoms with Crippen LogP contribution in [-0.4, -0.2) is 5.11 Å². The van der Waals surface area contributed by atoms with E-state index >= 15 is 0 Å². The van der Waals surface area contributed by atoms with Crippen molar-refractivity contribution in [1.82, 2.24) is 0 Å². The van der Waals surface area contributed by atoms with Crippen molar-refractivity contribution in [2.75, 3.05) is 0 Å². The van der Waals surface area contributed by atoms with Gasteiger partial charge in [0.15, 0.2) is 0 Å². The fourth-order valence-electron chi connectivity index (χ4n) is 1.87. The maximum Gasteiger partial charge on any atom is 0.126 e. The van der Waals surface area contributed by atoms with Crippen LogP contribution in [0.25, 0.3) is 0 Å². The molecule has 0 saturated carbocycles. The Bertz CT molecular complexity index is 529. The summed E-state index contributed by atoms with van der Waals surface area (Å²) in [7, 11) is 0. The largest absolute Gasteiger partial charge is 0.384 e. The van der Waals surface area contributed by atoms with Gasteiger partial charge in [0.25, 0.3) is 0 Å². The van der Waals surface area contributed by atoms with Crippen LogP contribution in [0.5, 0.6) is 0 Å². The van der Waals surface area contributed by atoms with Crippen molar-refractivity contribution in [3.05, 3.63) is 69.5 Å². The molecule has 2 rings (SSSR count). The maximum absolute atomic E-state index is 13.2. The van der Waals surface area contributed by atoms with Crippen LogP contribution in [0.2, 0.25) is 5.02 Å². The zero-order chi connectivity index (χ0) is 13.3. The van der Waals surface area contributed by atoms with Crippen LogP contribution in [-0.2, 0) is 0 Å². The summed E-state index contributed by atoms with van der Waals surface area (Å²) in [5, 5.41) is 10.9. The monoisotopic (exact) mass is 264 g/mol. The minimum absolute atomic E-state index is 0.266. The minimum Gasteiger partial charge on any atom is -0.384 e. The average Bonchev–Trinajstić information content (AvgIpc) is 2.35. The third-order valence-corrected chi connectivity index (χ3v) is 3.42. The molecule has 1 nitrogen and oxygen atoms in total. The highest BCUT2D eigenvalue weighted by Crippen LogP contribution is 2.26. The van der Waals surface area contributed by atoms with Crippen LogP contribution in [0, 0.1) is 19.7 Å². The van der Waals surface area contributed by atoms with E-state index in [0.29, 0.717) is 16.1 Å². The first-order chi connectivity index (χ1) is 8.49. The minimum atomic E-state index is -0.764. The Morgan fingerprint density at radius 1 is 1.00 bits per heavy atom. The van der Waals surface area contributed by atoms with E-state index in [4.69, 9.17) is 11.6 Å². The summed E-state index contributed by atoms with van der Waals surface area (Å²) < 4.78 is 13.2. The van der Waals surface area contributed by atoms with Crippen LogP contribution in [0.1, 0.15) is 28.4 Å². The van der Waals surface area contributed by atoms with Crippen LogP contribution < -0.4 is 0 Å². The lowest BCUT2D eigenvalue weighted by Crippen LogP contribution is -2.01. The van der Waals surface area contributed by atoms with Crippen molar-refractivity contribution in [3.8, 4) is 0 Å². The molecule has 0 aliphatic carbocycles. The molecule has 0 aliphatic rings. The second-order valence-electron chi connectivity index (χ2n) is 4.42. The highest BCUT2D eigenvalue weighted by Gasteiger charge is 2.12. The number of hydrogen-bond acceptors (Lipinski definition) is 1. The van der Waals surface area contributed by atoms with Crippen LogP contribution in [0.3, 0.4) is 0 Å². The van der Waals surface area contributed by atoms with Gasteiger partial charge in [-0.25, -0.2) is 4.39 Å². The normalized spacial score (nSPS) is 12.5. The van der Waals surface area contributed by atoms with E-state index in [1.54, 1.807) is 31.2 Å². The first-order valence-corrected chi connectivity index (χ1v) is 6.07. The van der Waals surface area contributed by atoms with Gasteiger partial charge in [0.2, 0.25) is 0 Å². The van der Waals surface area contributed by atoms with Crippen LogP contribution >= 0.6 is 11.6 Å². The molecule has 0 aliphatic heterocycles. The number of halogens is 2. The molecule has 0 aromatic heterocycles. The fraction of sp³-hybridized carbons (Fsp3) is 0.200. The van der Waals surface area contributed by atoms with Gasteiger partial charge in [-0.15, -0.1) is 0 Å². The van der Waals surface area contributed by atoms with Gasteiger partial charge in [0, 0.05) is 5.02 Å². The van der Waals surface area contributed by atoms with Gasteiger partial charge in [0.05, 0.1) is 0 Å². The van der Waals surface area contributed by atoms with Gasteiger partial charge >= 0.3 is 0 Å². The van der Waals surface area contributed by atoms with Crippen molar-refractivity contribution in [3.63, 3.8) is 0 Å². The van der Waals surface area contributed by atoms with Crippen molar-refractivity contribution >= 4 is 11.6 Å². The standard InChI is InChI=1S/C15H14ClFO/c1-9-7-11(3-5-13(9)16)15(18)12-4-6-14(17)10(2)8-12/h3-8,15,18H,1-2H3. The highest BCUT2D eigenvalue weighted by atomic mass is 35.5. The summed E-state index contributed by atoms with van der Waals surface area (Å²) in [6.45, 7) is 3.56. The molecule has 3 heteroatoms. The van der Waals surface area contributed by atoms with Gasteiger partial charge in [-0.1, -0.05) is 35.9 Å². The fourth-order valence-corrected chi connectivity index (χ4v) is 1.99. The Hall–Kier alpha value is -1.38. The number of rotatable bonds is 2. The first kappa shape index (κ1) is 13.1. The second kappa shape index (κ2) is 5.09. The van der Waals surface area contributed by atoms with Crippen LogP contribution in [0.4, 0.5) is 4.39 Å². The van der Waals surface area contributed by atoms with E-state index in [9.17, 15) is 9.50 Å². The van der Waals surface area contributed by atoms with Gasteiger partial charge in [-0.05, 0) is 48.2 Å². The molecule has 0 spiro atoms. The van der Waals surface area contributed by atoms with E-state index in [1.165, 1.54) is 6.07 Å². The lowest BCUT2D eigenvalue weighted by atomic mass is 9.98. The van der Waals surface area contributed by atoms with E-state index in [0.717, 1.165) is 11.1 Å². The molecule has 0 amide bonds. The molecule has 2 aromatic carbocycles. The van der Waals surface area contributed by atoms with Crippen molar-refractivity contribution < 1.29 is 9.50 Å². The zero-order valence-corrected chi connectivity index (χ0v) is 11.0. The Labute approximate surface area is 111 Å². The first-order valence-electron chi connectivity index (χ1n) is 5.69. The summed E-state index contributed by atoms with van der Waals surface area (Å²) in [4.78, 5) is 0. The smallest absolute Gasteiger partial charge is 0.126 e. The second-order valence-corrected chi connectivity index (χ2v) is 4.83. The molecular weight excluding hydrogens is 251 g/mol. The molecule has 94 valence electrons.